The molecule has 0 aliphatic heterocycles. The van der Waals surface area contributed by atoms with Crippen LogP contribution in [-0.4, -0.2) is 0 Å². The van der Waals surface area contributed by atoms with Gasteiger partial charge >= 0.3 is 0 Å². The molecule has 1 aliphatic rings. The van der Waals surface area contributed by atoms with Gasteiger partial charge in [-0.15, -0.1) is 0 Å². The molecule has 1 nitrogen and oxygen atoms in total. The van der Waals surface area contributed by atoms with E-state index in [1.165, 1.54) is 62.5 Å². The molecule has 1 heteroatoms. The number of benzene rings is 1. The van der Waals surface area contributed by atoms with Gasteiger partial charge < -0.3 is 0 Å². The van der Waals surface area contributed by atoms with Gasteiger partial charge in [-0.2, -0.15) is 5.26 Å². The number of nitriles is 1. The second kappa shape index (κ2) is 8.37. The minimum absolute atomic E-state index is 0.216. The van der Waals surface area contributed by atoms with Crippen molar-refractivity contribution in [2.75, 3.05) is 0 Å². The summed E-state index contributed by atoms with van der Waals surface area (Å²) in [7, 11) is 0. The fourth-order valence-electron chi connectivity index (χ4n) is 3.90. The maximum atomic E-state index is 9.80. The van der Waals surface area contributed by atoms with Crippen LogP contribution in [0.4, 0.5) is 0 Å². The van der Waals surface area contributed by atoms with Gasteiger partial charge in [0.05, 0.1) is 11.5 Å². The van der Waals surface area contributed by atoms with E-state index >= 15 is 0 Å². The molecule has 0 N–H and O–H groups in total. The highest BCUT2D eigenvalue weighted by Crippen LogP contribution is 2.42. The van der Waals surface area contributed by atoms with Crippen LogP contribution in [0.25, 0.3) is 0 Å². The molecular formula is C21H31N. The van der Waals surface area contributed by atoms with E-state index in [9.17, 15) is 5.26 Å². The Hall–Kier alpha value is -1.29. The van der Waals surface area contributed by atoms with Crippen molar-refractivity contribution in [3.05, 3.63) is 35.4 Å². The van der Waals surface area contributed by atoms with Crippen LogP contribution >= 0.6 is 0 Å². The van der Waals surface area contributed by atoms with E-state index in [4.69, 9.17) is 0 Å². The summed E-state index contributed by atoms with van der Waals surface area (Å²) in [5.41, 5.74) is 2.46. The summed E-state index contributed by atoms with van der Waals surface area (Å²) in [6, 6.07) is 11.6. The van der Waals surface area contributed by atoms with Crippen LogP contribution in [0, 0.1) is 17.2 Å². The van der Waals surface area contributed by atoms with Crippen molar-refractivity contribution >= 4 is 0 Å². The van der Waals surface area contributed by atoms with Gasteiger partial charge in [0.1, 0.15) is 0 Å². The summed E-state index contributed by atoms with van der Waals surface area (Å²) in [5.74, 6) is 0.847. The zero-order chi connectivity index (χ0) is 15.8. The molecule has 0 heterocycles. The number of hydrogen-bond acceptors (Lipinski definition) is 1. The van der Waals surface area contributed by atoms with Crippen molar-refractivity contribution in [1.82, 2.24) is 0 Å². The minimum Gasteiger partial charge on any atom is -0.197 e. The summed E-state index contributed by atoms with van der Waals surface area (Å²) < 4.78 is 0. The highest BCUT2D eigenvalue weighted by molar-refractivity contribution is 5.35. The van der Waals surface area contributed by atoms with Gasteiger partial charge in [0.2, 0.25) is 0 Å². The SMILES string of the molecule is CCCCCc1ccc(C2(C#N)CCC(CCC)CC2)cc1. The molecule has 0 spiro atoms. The topological polar surface area (TPSA) is 23.8 Å². The molecule has 0 atom stereocenters. The molecule has 22 heavy (non-hydrogen) atoms. The van der Waals surface area contributed by atoms with E-state index < -0.39 is 0 Å². The van der Waals surface area contributed by atoms with Crippen LogP contribution in [0.15, 0.2) is 24.3 Å². The summed E-state index contributed by atoms with van der Waals surface area (Å²) in [6.07, 6.45) is 12.2. The van der Waals surface area contributed by atoms with Crippen molar-refractivity contribution in [2.45, 2.75) is 83.5 Å². The molecule has 1 aliphatic carbocycles. The quantitative estimate of drug-likeness (QED) is 0.552. The smallest absolute Gasteiger partial charge is 0.0822 e. The summed E-state index contributed by atoms with van der Waals surface area (Å²) >= 11 is 0. The molecule has 1 aromatic carbocycles. The second-order valence-electron chi connectivity index (χ2n) is 7.08. The number of hydrogen-bond donors (Lipinski definition) is 0. The Labute approximate surface area is 136 Å². The monoisotopic (exact) mass is 297 g/mol. The maximum absolute atomic E-state index is 9.80. The maximum Gasteiger partial charge on any atom is 0.0822 e. The summed E-state index contributed by atoms with van der Waals surface area (Å²) in [6.45, 7) is 4.51. The minimum atomic E-state index is -0.216. The number of nitrogens with zero attached hydrogens (tertiary/aromatic N) is 1. The lowest BCUT2D eigenvalue weighted by atomic mass is 9.67. The normalized spacial score (nSPS) is 24.9. The first-order chi connectivity index (χ1) is 10.7. The van der Waals surface area contributed by atoms with Gasteiger partial charge in [-0.05, 0) is 55.6 Å². The summed E-state index contributed by atoms with van der Waals surface area (Å²) in [4.78, 5) is 0. The largest absolute Gasteiger partial charge is 0.197 e. The number of unbranched alkanes of at least 4 members (excludes halogenated alkanes) is 2. The van der Waals surface area contributed by atoms with E-state index in [-0.39, 0.29) is 5.41 Å². The van der Waals surface area contributed by atoms with Gasteiger partial charge in [-0.3, -0.25) is 0 Å². The molecule has 0 unspecified atom stereocenters. The Bertz CT molecular complexity index is 472. The first-order valence-corrected chi connectivity index (χ1v) is 9.24. The Morgan fingerprint density at radius 3 is 2.27 bits per heavy atom. The molecule has 0 radical (unpaired) electrons. The van der Waals surface area contributed by atoms with Crippen molar-refractivity contribution in [3.63, 3.8) is 0 Å². The molecule has 1 fully saturated rings. The van der Waals surface area contributed by atoms with E-state index in [2.05, 4.69) is 44.2 Å². The van der Waals surface area contributed by atoms with E-state index in [1.54, 1.807) is 0 Å². The third-order valence-electron chi connectivity index (χ3n) is 5.45. The number of rotatable bonds is 7. The highest BCUT2D eigenvalue weighted by Gasteiger charge is 2.36. The van der Waals surface area contributed by atoms with E-state index in [0.717, 1.165) is 18.8 Å². The molecule has 2 rings (SSSR count). The molecule has 0 saturated heterocycles. The average molecular weight is 297 g/mol. The van der Waals surface area contributed by atoms with Gasteiger partial charge in [0, 0.05) is 0 Å². The predicted molar refractivity (Wildman–Crippen MR) is 93.8 cm³/mol. The van der Waals surface area contributed by atoms with Gasteiger partial charge in [-0.25, -0.2) is 0 Å². The lowest BCUT2D eigenvalue weighted by Crippen LogP contribution is -2.30. The average Bonchev–Trinajstić information content (AvgIpc) is 2.57. The van der Waals surface area contributed by atoms with Gasteiger partial charge in [-0.1, -0.05) is 63.8 Å². The molecule has 0 aromatic heterocycles. The first kappa shape index (κ1) is 17.1. The van der Waals surface area contributed by atoms with Crippen LogP contribution in [0.2, 0.25) is 0 Å². The third kappa shape index (κ3) is 4.13. The highest BCUT2D eigenvalue weighted by atomic mass is 14.4. The zero-order valence-corrected chi connectivity index (χ0v) is 14.4. The van der Waals surface area contributed by atoms with Crippen LogP contribution in [0.1, 0.15) is 82.8 Å². The van der Waals surface area contributed by atoms with Crippen molar-refractivity contribution in [1.29, 1.82) is 5.26 Å². The zero-order valence-electron chi connectivity index (χ0n) is 14.4. The summed E-state index contributed by atoms with van der Waals surface area (Å²) in [5, 5.41) is 9.80. The van der Waals surface area contributed by atoms with Crippen molar-refractivity contribution in [3.8, 4) is 6.07 Å². The lowest BCUT2D eigenvalue weighted by Gasteiger charge is -2.35. The number of aryl methyl sites for hydroxylation is 1. The third-order valence-corrected chi connectivity index (χ3v) is 5.45. The van der Waals surface area contributed by atoms with E-state index in [1.807, 2.05) is 0 Å². The molecular weight excluding hydrogens is 266 g/mol. The predicted octanol–water partition coefficient (Wildman–Crippen LogP) is 6.17. The van der Waals surface area contributed by atoms with E-state index in [0.29, 0.717) is 0 Å². The van der Waals surface area contributed by atoms with Crippen molar-refractivity contribution in [2.24, 2.45) is 5.92 Å². The van der Waals surface area contributed by atoms with Crippen LogP contribution in [0.3, 0.4) is 0 Å². The fraction of sp³-hybridized carbons (Fsp3) is 0.667. The lowest BCUT2D eigenvalue weighted by molar-refractivity contribution is 0.265. The standard InChI is InChI=1S/C21H31N/c1-3-5-6-8-19-9-11-20(12-10-19)21(17-22)15-13-18(7-4-2)14-16-21/h9-12,18H,3-8,13-16H2,1-2H3. The Balaban J connectivity index is 2.01. The van der Waals surface area contributed by atoms with Gasteiger partial charge in [0.25, 0.3) is 0 Å². The Kier molecular flexibility index (Phi) is 6.49. The Morgan fingerprint density at radius 1 is 1.05 bits per heavy atom. The molecule has 1 saturated carbocycles. The van der Waals surface area contributed by atoms with Gasteiger partial charge in [0.15, 0.2) is 0 Å². The Morgan fingerprint density at radius 2 is 1.73 bits per heavy atom. The molecule has 0 amide bonds. The van der Waals surface area contributed by atoms with Crippen LogP contribution < -0.4 is 0 Å². The van der Waals surface area contributed by atoms with Crippen molar-refractivity contribution < 1.29 is 0 Å². The van der Waals surface area contributed by atoms with Crippen LogP contribution in [0.5, 0.6) is 0 Å². The first-order valence-electron chi connectivity index (χ1n) is 9.24. The fourth-order valence-corrected chi connectivity index (χ4v) is 3.90. The van der Waals surface area contributed by atoms with Crippen LogP contribution in [-0.2, 0) is 11.8 Å². The second-order valence-corrected chi connectivity index (χ2v) is 7.08. The molecule has 1 aromatic rings. The molecule has 0 bridgehead atoms. The molecule has 120 valence electrons.